The Kier molecular flexibility index (Phi) is 4.66. The Morgan fingerprint density at radius 3 is 2.14 bits per heavy atom. The molecule has 0 saturated carbocycles. The number of fused-ring (bicyclic) bond motifs is 1. The van der Waals surface area contributed by atoms with Crippen molar-refractivity contribution >= 4 is 34.7 Å². The standard InChI is InChI=1S/C18H9Cl2F4N3O2/c19-10-3-9(4-11(20)5-10)13-7-16(26-8-25-13)27-12-1-2-14-15(6-12)29-18(23,24)17(21,22)28-14/h1-8H,(H,25,26,27). The molecule has 0 unspecified atom stereocenters. The van der Waals surface area contributed by atoms with Crippen molar-refractivity contribution in [3.8, 4) is 22.8 Å². The predicted molar refractivity (Wildman–Crippen MR) is 98.4 cm³/mol. The van der Waals surface area contributed by atoms with E-state index in [4.69, 9.17) is 23.2 Å². The number of alkyl halides is 4. The maximum atomic E-state index is 13.4. The van der Waals surface area contributed by atoms with E-state index in [1.807, 2.05) is 0 Å². The van der Waals surface area contributed by atoms with Gasteiger partial charge in [0.05, 0.1) is 5.69 Å². The Bertz CT molecular complexity index is 1080. The lowest BCUT2D eigenvalue weighted by atomic mass is 10.1. The molecule has 0 atom stereocenters. The second-order valence-corrected chi connectivity index (χ2v) is 6.84. The second kappa shape index (κ2) is 6.93. The van der Waals surface area contributed by atoms with E-state index in [0.717, 1.165) is 12.1 Å². The molecule has 1 N–H and O–H groups in total. The van der Waals surface area contributed by atoms with Crippen molar-refractivity contribution in [2.24, 2.45) is 0 Å². The van der Waals surface area contributed by atoms with Crippen LogP contribution in [0.15, 0.2) is 48.8 Å². The second-order valence-electron chi connectivity index (χ2n) is 5.97. The van der Waals surface area contributed by atoms with Crippen LogP contribution in [0.4, 0.5) is 29.1 Å². The summed E-state index contributed by atoms with van der Waals surface area (Å²) in [5, 5.41) is 3.70. The zero-order valence-electron chi connectivity index (χ0n) is 14.1. The average Bonchev–Trinajstić information content (AvgIpc) is 2.62. The third kappa shape index (κ3) is 3.88. The highest BCUT2D eigenvalue weighted by molar-refractivity contribution is 6.35. The highest BCUT2D eigenvalue weighted by Crippen LogP contribution is 2.47. The molecule has 1 aromatic heterocycles. The molecular weight excluding hydrogens is 437 g/mol. The van der Waals surface area contributed by atoms with Gasteiger partial charge in [-0.25, -0.2) is 9.97 Å². The number of hydrogen-bond donors (Lipinski definition) is 1. The Balaban J connectivity index is 1.61. The van der Waals surface area contributed by atoms with Crippen LogP contribution in [0.1, 0.15) is 0 Å². The first-order valence-corrected chi connectivity index (χ1v) is 8.72. The van der Waals surface area contributed by atoms with E-state index in [-0.39, 0.29) is 5.69 Å². The topological polar surface area (TPSA) is 56.3 Å². The number of halogens is 6. The SMILES string of the molecule is FC1(F)Oc2ccc(Nc3cc(-c4cc(Cl)cc(Cl)c4)ncn3)cc2OC1(F)F. The van der Waals surface area contributed by atoms with E-state index in [2.05, 4.69) is 24.8 Å². The molecule has 2 heterocycles. The Morgan fingerprint density at radius 1 is 0.793 bits per heavy atom. The number of anilines is 2. The van der Waals surface area contributed by atoms with Crippen LogP contribution in [0.3, 0.4) is 0 Å². The van der Waals surface area contributed by atoms with Crippen molar-refractivity contribution in [3.05, 3.63) is 58.8 Å². The van der Waals surface area contributed by atoms with E-state index >= 15 is 0 Å². The van der Waals surface area contributed by atoms with Crippen molar-refractivity contribution in [2.45, 2.75) is 12.2 Å². The summed E-state index contributed by atoms with van der Waals surface area (Å²) in [6.45, 7) is 0. The molecular formula is C18H9Cl2F4N3O2. The van der Waals surface area contributed by atoms with E-state index in [9.17, 15) is 17.6 Å². The summed E-state index contributed by atoms with van der Waals surface area (Å²) >= 11 is 12.0. The van der Waals surface area contributed by atoms with Crippen molar-refractivity contribution in [2.75, 3.05) is 5.32 Å². The van der Waals surface area contributed by atoms with Gasteiger partial charge in [-0.2, -0.15) is 17.6 Å². The van der Waals surface area contributed by atoms with Crippen molar-refractivity contribution < 1.29 is 27.0 Å². The van der Waals surface area contributed by atoms with Crippen LogP contribution < -0.4 is 14.8 Å². The molecule has 0 radical (unpaired) electrons. The minimum absolute atomic E-state index is 0.252. The first kappa shape index (κ1) is 19.5. The lowest BCUT2D eigenvalue weighted by Crippen LogP contribution is -2.52. The zero-order valence-corrected chi connectivity index (χ0v) is 15.6. The van der Waals surface area contributed by atoms with Gasteiger partial charge >= 0.3 is 12.2 Å². The molecule has 11 heteroatoms. The summed E-state index contributed by atoms with van der Waals surface area (Å²) in [5.41, 5.74) is 1.38. The van der Waals surface area contributed by atoms with Crippen LogP contribution in [0.25, 0.3) is 11.3 Å². The third-order valence-electron chi connectivity index (χ3n) is 3.86. The Labute approximate surface area is 171 Å². The van der Waals surface area contributed by atoms with Gasteiger partial charge in [0.1, 0.15) is 12.1 Å². The fraction of sp³-hybridized carbons (Fsp3) is 0.111. The molecule has 5 nitrogen and oxygen atoms in total. The van der Waals surface area contributed by atoms with Crippen LogP contribution >= 0.6 is 23.2 Å². The summed E-state index contributed by atoms with van der Waals surface area (Å²) in [6.07, 6.45) is -8.29. The fourth-order valence-electron chi connectivity index (χ4n) is 2.58. The first-order chi connectivity index (χ1) is 13.6. The molecule has 0 aliphatic carbocycles. The Hall–Kier alpha value is -2.78. The molecule has 0 fully saturated rings. The third-order valence-corrected chi connectivity index (χ3v) is 4.29. The molecule has 2 aromatic carbocycles. The maximum absolute atomic E-state index is 13.4. The van der Waals surface area contributed by atoms with Gasteiger partial charge in [0, 0.05) is 33.4 Å². The number of benzene rings is 2. The van der Waals surface area contributed by atoms with Gasteiger partial charge in [0.25, 0.3) is 0 Å². The van der Waals surface area contributed by atoms with Crippen LogP contribution in [-0.4, -0.2) is 22.2 Å². The van der Waals surface area contributed by atoms with Gasteiger partial charge in [0.15, 0.2) is 11.5 Å². The number of nitrogens with one attached hydrogen (secondary N) is 1. The Morgan fingerprint density at radius 2 is 1.45 bits per heavy atom. The summed E-state index contributed by atoms with van der Waals surface area (Å²) in [6, 6.07) is 9.98. The molecule has 0 saturated heterocycles. The number of rotatable bonds is 3. The van der Waals surface area contributed by atoms with Crippen LogP contribution in [0.5, 0.6) is 11.5 Å². The van der Waals surface area contributed by atoms with Gasteiger partial charge in [0.2, 0.25) is 0 Å². The summed E-state index contributed by atoms with van der Waals surface area (Å²) in [7, 11) is 0. The van der Waals surface area contributed by atoms with Crippen molar-refractivity contribution in [1.82, 2.24) is 9.97 Å². The van der Waals surface area contributed by atoms with Gasteiger partial charge in [-0.3, -0.25) is 0 Å². The molecule has 3 aromatic rings. The molecule has 0 amide bonds. The normalized spacial score (nSPS) is 16.3. The molecule has 29 heavy (non-hydrogen) atoms. The molecule has 0 bridgehead atoms. The lowest BCUT2D eigenvalue weighted by molar-refractivity contribution is -0.391. The number of hydrogen-bond acceptors (Lipinski definition) is 5. The molecule has 1 aliphatic rings. The number of ether oxygens (including phenoxy) is 2. The monoisotopic (exact) mass is 445 g/mol. The van der Waals surface area contributed by atoms with Gasteiger partial charge in [-0.1, -0.05) is 23.2 Å². The zero-order chi connectivity index (χ0) is 20.8. The highest BCUT2D eigenvalue weighted by atomic mass is 35.5. The predicted octanol–water partition coefficient (Wildman–Crippen LogP) is 6.15. The summed E-state index contributed by atoms with van der Waals surface area (Å²) in [5.74, 6) is -0.745. The van der Waals surface area contributed by atoms with Crippen LogP contribution in [-0.2, 0) is 0 Å². The van der Waals surface area contributed by atoms with E-state index in [1.165, 1.54) is 12.4 Å². The van der Waals surface area contributed by atoms with Crippen molar-refractivity contribution in [3.63, 3.8) is 0 Å². The fourth-order valence-corrected chi connectivity index (χ4v) is 3.10. The summed E-state index contributed by atoms with van der Waals surface area (Å²) < 4.78 is 61.3. The van der Waals surface area contributed by atoms with E-state index in [1.54, 1.807) is 24.3 Å². The van der Waals surface area contributed by atoms with E-state index in [0.29, 0.717) is 27.1 Å². The van der Waals surface area contributed by atoms with Crippen LogP contribution in [0.2, 0.25) is 10.0 Å². The van der Waals surface area contributed by atoms with Gasteiger partial charge in [-0.05, 0) is 30.3 Å². The minimum atomic E-state index is -4.80. The lowest BCUT2D eigenvalue weighted by Gasteiger charge is -2.31. The quantitative estimate of drug-likeness (QED) is 0.489. The number of nitrogens with zero attached hydrogens (tertiary/aromatic N) is 2. The molecule has 1 aliphatic heterocycles. The van der Waals surface area contributed by atoms with E-state index < -0.39 is 23.7 Å². The average molecular weight is 446 g/mol. The minimum Gasteiger partial charge on any atom is -0.421 e. The molecule has 0 spiro atoms. The largest absolute Gasteiger partial charge is 0.507 e. The molecule has 4 rings (SSSR count). The van der Waals surface area contributed by atoms with Gasteiger partial charge < -0.3 is 14.8 Å². The first-order valence-electron chi connectivity index (χ1n) is 7.96. The maximum Gasteiger partial charge on any atom is 0.507 e. The van der Waals surface area contributed by atoms with Crippen LogP contribution in [0, 0.1) is 0 Å². The number of aromatic nitrogens is 2. The summed E-state index contributed by atoms with van der Waals surface area (Å²) in [4.78, 5) is 8.18. The van der Waals surface area contributed by atoms with Gasteiger partial charge in [-0.15, -0.1) is 0 Å². The molecule has 150 valence electrons. The smallest absolute Gasteiger partial charge is 0.421 e. The highest BCUT2D eigenvalue weighted by Gasteiger charge is 2.65. The van der Waals surface area contributed by atoms with Crippen molar-refractivity contribution in [1.29, 1.82) is 0 Å².